The standard InChI is InChI=1S/C18H22O5/c1-20-10-23-17-8-11-7-14(17)15(19)9-13(11)12-5-4-6-16(21-2)18(12)22-3/h4-6,9,11,14,17H,7-8,10H2,1-3H3. The molecule has 3 rings (SSSR count). The highest BCUT2D eigenvalue weighted by Gasteiger charge is 2.44. The lowest BCUT2D eigenvalue weighted by molar-refractivity contribution is -0.127. The van der Waals surface area contributed by atoms with Crippen LogP contribution in [-0.2, 0) is 14.3 Å². The van der Waals surface area contributed by atoms with Crippen molar-refractivity contribution in [3.05, 3.63) is 29.8 Å². The van der Waals surface area contributed by atoms with Crippen molar-refractivity contribution in [2.45, 2.75) is 18.9 Å². The lowest BCUT2D eigenvalue weighted by Crippen LogP contribution is -2.25. The van der Waals surface area contributed by atoms with Crippen LogP contribution in [-0.4, -0.2) is 40.0 Å². The lowest BCUT2D eigenvalue weighted by atomic mass is 9.83. The van der Waals surface area contributed by atoms with Gasteiger partial charge in [-0.05, 0) is 36.5 Å². The summed E-state index contributed by atoms with van der Waals surface area (Å²) >= 11 is 0. The molecule has 2 aliphatic carbocycles. The molecule has 3 unspecified atom stereocenters. The van der Waals surface area contributed by atoms with Crippen LogP contribution in [0.2, 0.25) is 0 Å². The minimum absolute atomic E-state index is 0.0597. The van der Waals surface area contributed by atoms with Gasteiger partial charge in [-0.25, -0.2) is 0 Å². The highest BCUT2D eigenvalue weighted by atomic mass is 16.7. The van der Waals surface area contributed by atoms with Crippen molar-refractivity contribution in [1.82, 2.24) is 0 Å². The first kappa shape index (κ1) is 16.0. The molecule has 1 aromatic carbocycles. The highest BCUT2D eigenvalue weighted by molar-refractivity contribution is 6.02. The average Bonchev–Trinajstić information content (AvgIpc) is 2.95. The molecule has 1 fully saturated rings. The summed E-state index contributed by atoms with van der Waals surface area (Å²) in [5, 5.41) is 0. The van der Waals surface area contributed by atoms with E-state index in [2.05, 4.69) is 0 Å². The van der Waals surface area contributed by atoms with Crippen LogP contribution >= 0.6 is 0 Å². The Labute approximate surface area is 136 Å². The molecular weight excluding hydrogens is 296 g/mol. The van der Waals surface area contributed by atoms with Crippen LogP contribution in [0.5, 0.6) is 11.5 Å². The van der Waals surface area contributed by atoms with Gasteiger partial charge in [-0.3, -0.25) is 4.79 Å². The van der Waals surface area contributed by atoms with Gasteiger partial charge in [-0.2, -0.15) is 0 Å². The maximum atomic E-state index is 12.5. The Kier molecular flexibility index (Phi) is 4.68. The van der Waals surface area contributed by atoms with Gasteiger partial charge in [0.2, 0.25) is 0 Å². The van der Waals surface area contributed by atoms with Crippen LogP contribution in [0.3, 0.4) is 0 Å². The Balaban J connectivity index is 1.92. The number of para-hydroxylation sites is 1. The van der Waals surface area contributed by atoms with Crippen molar-refractivity contribution in [3.63, 3.8) is 0 Å². The fourth-order valence-electron chi connectivity index (χ4n) is 3.68. The summed E-state index contributed by atoms with van der Waals surface area (Å²) in [6.07, 6.45) is 3.33. The molecule has 5 nitrogen and oxygen atoms in total. The summed E-state index contributed by atoms with van der Waals surface area (Å²) in [4.78, 5) is 12.5. The zero-order chi connectivity index (χ0) is 16.4. The SMILES string of the molecule is COCOC1CC2CC1C(=O)C=C2c1cccc(OC)c1OC. The molecule has 5 heteroatoms. The Hall–Kier alpha value is -1.85. The van der Waals surface area contributed by atoms with Gasteiger partial charge < -0.3 is 18.9 Å². The second-order valence-electron chi connectivity index (χ2n) is 5.93. The van der Waals surface area contributed by atoms with E-state index in [4.69, 9.17) is 18.9 Å². The van der Waals surface area contributed by atoms with Gasteiger partial charge in [-0.1, -0.05) is 12.1 Å². The van der Waals surface area contributed by atoms with Crippen LogP contribution < -0.4 is 9.47 Å². The zero-order valence-corrected chi connectivity index (χ0v) is 13.7. The maximum absolute atomic E-state index is 12.5. The Morgan fingerprint density at radius 3 is 2.65 bits per heavy atom. The van der Waals surface area contributed by atoms with E-state index >= 15 is 0 Å². The molecule has 0 N–H and O–H groups in total. The lowest BCUT2D eigenvalue weighted by Gasteiger charge is -2.22. The number of carbonyl (C=O) groups excluding carboxylic acids is 1. The van der Waals surface area contributed by atoms with E-state index in [0.29, 0.717) is 17.4 Å². The van der Waals surface area contributed by atoms with Crippen LogP contribution in [0, 0.1) is 11.8 Å². The molecule has 0 heterocycles. The van der Waals surface area contributed by atoms with E-state index in [0.717, 1.165) is 24.0 Å². The van der Waals surface area contributed by atoms with Crippen LogP contribution in [0.15, 0.2) is 24.3 Å². The number of fused-ring (bicyclic) bond motifs is 2. The van der Waals surface area contributed by atoms with Crippen molar-refractivity contribution >= 4 is 11.4 Å². The third kappa shape index (κ3) is 2.86. The summed E-state index contributed by atoms with van der Waals surface area (Å²) in [7, 11) is 4.82. The molecule has 0 spiro atoms. The minimum Gasteiger partial charge on any atom is -0.493 e. The highest BCUT2D eigenvalue weighted by Crippen LogP contribution is 2.48. The third-order valence-electron chi connectivity index (χ3n) is 4.72. The molecule has 2 aliphatic rings. The molecule has 0 saturated heterocycles. The smallest absolute Gasteiger partial charge is 0.168 e. The normalized spacial score (nSPS) is 26.1. The van der Waals surface area contributed by atoms with Gasteiger partial charge in [0.15, 0.2) is 17.3 Å². The van der Waals surface area contributed by atoms with Gasteiger partial charge >= 0.3 is 0 Å². The van der Waals surface area contributed by atoms with Crippen molar-refractivity contribution in [1.29, 1.82) is 0 Å². The molecule has 0 radical (unpaired) electrons. The number of ketones is 1. The molecule has 0 aliphatic heterocycles. The first-order valence-electron chi connectivity index (χ1n) is 7.77. The topological polar surface area (TPSA) is 54.0 Å². The maximum Gasteiger partial charge on any atom is 0.168 e. The first-order chi connectivity index (χ1) is 11.2. The quantitative estimate of drug-likeness (QED) is 0.755. The third-order valence-corrected chi connectivity index (χ3v) is 4.72. The Morgan fingerprint density at radius 1 is 1.13 bits per heavy atom. The van der Waals surface area contributed by atoms with Crippen molar-refractivity contribution in [2.24, 2.45) is 11.8 Å². The second kappa shape index (κ2) is 6.72. The van der Waals surface area contributed by atoms with Gasteiger partial charge in [0.05, 0.1) is 20.3 Å². The second-order valence-corrected chi connectivity index (χ2v) is 5.93. The van der Waals surface area contributed by atoms with E-state index in [1.165, 1.54) is 0 Å². The molecule has 1 saturated carbocycles. The number of hydrogen-bond donors (Lipinski definition) is 0. The van der Waals surface area contributed by atoms with E-state index in [9.17, 15) is 4.79 Å². The molecule has 1 aromatic rings. The predicted octanol–water partition coefficient (Wildman–Crippen LogP) is 2.69. The summed E-state index contributed by atoms with van der Waals surface area (Å²) in [5.74, 6) is 1.70. The molecule has 2 bridgehead atoms. The van der Waals surface area contributed by atoms with Crippen LogP contribution in [0.4, 0.5) is 0 Å². The van der Waals surface area contributed by atoms with E-state index in [-0.39, 0.29) is 24.6 Å². The molecule has 23 heavy (non-hydrogen) atoms. The monoisotopic (exact) mass is 318 g/mol. The fourth-order valence-corrected chi connectivity index (χ4v) is 3.68. The average molecular weight is 318 g/mol. The minimum atomic E-state index is -0.0715. The molecule has 0 aromatic heterocycles. The van der Waals surface area contributed by atoms with Crippen molar-refractivity contribution < 1.29 is 23.7 Å². The van der Waals surface area contributed by atoms with Crippen molar-refractivity contribution in [3.8, 4) is 11.5 Å². The molecule has 124 valence electrons. The van der Waals surface area contributed by atoms with Gasteiger partial charge in [-0.15, -0.1) is 0 Å². The predicted molar refractivity (Wildman–Crippen MR) is 85.5 cm³/mol. The van der Waals surface area contributed by atoms with Gasteiger partial charge in [0.25, 0.3) is 0 Å². The number of hydrogen-bond acceptors (Lipinski definition) is 5. The number of methoxy groups -OCH3 is 3. The number of allylic oxidation sites excluding steroid dienone is 2. The van der Waals surface area contributed by atoms with E-state index in [1.54, 1.807) is 27.4 Å². The van der Waals surface area contributed by atoms with Crippen LogP contribution in [0.1, 0.15) is 18.4 Å². The van der Waals surface area contributed by atoms with E-state index < -0.39 is 0 Å². The fraction of sp³-hybridized carbons (Fsp3) is 0.500. The first-order valence-corrected chi connectivity index (χ1v) is 7.77. The zero-order valence-electron chi connectivity index (χ0n) is 13.7. The molecule has 0 amide bonds. The number of carbonyl (C=O) groups is 1. The summed E-state index contributed by atoms with van der Waals surface area (Å²) in [5.41, 5.74) is 1.95. The summed E-state index contributed by atoms with van der Waals surface area (Å²) < 4.78 is 21.6. The number of rotatable bonds is 6. The number of benzene rings is 1. The molecule has 3 atom stereocenters. The van der Waals surface area contributed by atoms with Gasteiger partial charge in [0, 0.05) is 18.6 Å². The van der Waals surface area contributed by atoms with Crippen LogP contribution in [0.25, 0.3) is 5.57 Å². The Morgan fingerprint density at radius 2 is 1.96 bits per heavy atom. The van der Waals surface area contributed by atoms with Gasteiger partial charge in [0.1, 0.15) is 6.79 Å². The summed E-state index contributed by atoms with van der Waals surface area (Å²) in [6, 6.07) is 5.75. The van der Waals surface area contributed by atoms with E-state index in [1.807, 2.05) is 18.2 Å². The number of ether oxygens (including phenoxy) is 4. The Bertz CT molecular complexity index is 622. The summed E-state index contributed by atoms with van der Waals surface area (Å²) in [6.45, 7) is 0.221. The molecular formula is C18H22O5. The van der Waals surface area contributed by atoms with Crippen molar-refractivity contribution in [2.75, 3.05) is 28.1 Å². The largest absolute Gasteiger partial charge is 0.493 e.